The molecule has 1 aromatic carbocycles. The fourth-order valence-corrected chi connectivity index (χ4v) is 1.66. The lowest BCUT2D eigenvalue weighted by atomic mass is 10.2. The Morgan fingerprint density at radius 3 is 3.00 bits per heavy atom. The van der Waals surface area contributed by atoms with E-state index in [4.69, 9.17) is 9.52 Å². The van der Waals surface area contributed by atoms with Crippen LogP contribution in [0.15, 0.2) is 27.4 Å². The van der Waals surface area contributed by atoms with Gasteiger partial charge < -0.3 is 19.5 Å². The number of rotatable bonds is 4. The molecule has 2 aromatic rings. The third-order valence-corrected chi connectivity index (χ3v) is 2.54. The molecule has 0 bridgehead atoms. The van der Waals surface area contributed by atoms with Gasteiger partial charge in [-0.3, -0.25) is 4.98 Å². The molecular formula is C11H14N2O4. The van der Waals surface area contributed by atoms with Crippen molar-refractivity contribution >= 4 is 16.8 Å². The predicted molar refractivity (Wildman–Crippen MR) is 63.2 cm³/mol. The summed E-state index contributed by atoms with van der Waals surface area (Å²) in [4.78, 5) is 15.3. The topological polar surface area (TPSA) is 89.7 Å². The van der Waals surface area contributed by atoms with Gasteiger partial charge >= 0.3 is 5.76 Å². The van der Waals surface area contributed by atoms with E-state index in [0.29, 0.717) is 17.6 Å². The van der Waals surface area contributed by atoms with E-state index in [1.165, 1.54) is 0 Å². The number of likely N-dealkylation sites (N-methyl/N-ethyl adjacent to an activating group) is 1. The lowest BCUT2D eigenvalue weighted by Crippen LogP contribution is -2.31. The van der Waals surface area contributed by atoms with E-state index in [1.54, 1.807) is 30.1 Å². The van der Waals surface area contributed by atoms with Crippen LogP contribution in [0.5, 0.6) is 0 Å². The van der Waals surface area contributed by atoms with Gasteiger partial charge in [-0.2, -0.15) is 0 Å². The first-order valence-electron chi connectivity index (χ1n) is 5.23. The maximum atomic E-state index is 11.0. The molecule has 0 saturated heterocycles. The van der Waals surface area contributed by atoms with E-state index < -0.39 is 11.9 Å². The fourth-order valence-electron chi connectivity index (χ4n) is 1.66. The minimum absolute atomic E-state index is 0.283. The first kappa shape index (κ1) is 11.7. The first-order chi connectivity index (χ1) is 8.10. The molecular weight excluding hydrogens is 224 g/mol. The Hall–Kier alpha value is -1.79. The molecule has 17 heavy (non-hydrogen) atoms. The van der Waals surface area contributed by atoms with Crippen LogP contribution >= 0.6 is 0 Å². The lowest BCUT2D eigenvalue weighted by Gasteiger charge is -2.21. The minimum atomic E-state index is -0.793. The second-order valence-electron chi connectivity index (χ2n) is 3.91. The van der Waals surface area contributed by atoms with E-state index >= 15 is 0 Å². The highest BCUT2D eigenvalue weighted by Crippen LogP contribution is 2.19. The number of nitrogens with one attached hydrogen (secondary N) is 1. The molecule has 6 heteroatoms. The second-order valence-corrected chi connectivity index (χ2v) is 3.91. The van der Waals surface area contributed by atoms with Crippen LogP contribution in [0, 0.1) is 0 Å². The van der Waals surface area contributed by atoms with Crippen LogP contribution in [0.1, 0.15) is 0 Å². The van der Waals surface area contributed by atoms with Gasteiger partial charge in [-0.15, -0.1) is 0 Å². The largest absolute Gasteiger partial charge is 0.417 e. The molecule has 0 radical (unpaired) electrons. The molecule has 0 aliphatic carbocycles. The number of aromatic amines is 1. The molecule has 2 rings (SSSR count). The number of nitrogens with zero attached hydrogens (tertiary/aromatic N) is 1. The van der Waals surface area contributed by atoms with Crippen molar-refractivity contribution in [1.29, 1.82) is 0 Å². The van der Waals surface area contributed by atoms with Gasteiger partial charge in [0.1, 0.15) is 0 Å². The van der Waals surface area contributed by atoms with Crippen LogP contribution in [0.3, 0.4) is 0 Å². The van der Waals surface area contributed by atoms with Gasteiger partial charge in [0.15, 0.2) is 5.58 Å². The van der Waals surface area contributed by atoms with Gasteiger partial charge in [-0.25, -0.2) is 4.79 Å². The van der Waals surface area contributed by atoms with Crippen molar-refractivity contribution in [3.8, 4) is 0 Å². The molecule has 1 heterocycles. The third-order valence-electron chi connectivity index (χ3n) is 2.54. The summed E-state index contributed by atoms with van der Waals surface area (Å²) < 4.78 is 4.89. The van der Waals surface area contributed by atoms with Gasteiger partial charge in [-0.1, -0.05) is 0 Å². The van der Waals surface area contributed by atoms with Gasteiger partial charge in [0.05, 0.1) is 18.2 Å². The Kier molecular flexibility index (Phi) is 3.16. The molecule has 1 atom stereocenters. The summed E-state index contributed by atoms with van der Waals surface area (Å²) in [5, 5.41) is 18.1. The van der Waals surface area contributed by atoms with E-state index in [0.717, 1.165) is 5.69 Å². The summed E-state index contributed by atoms with van der Waals surface area (Å²) in [6.45, 7) is 0.0270. The summed E-state index contributed by atoms with van der Waals surface area (Å²) in [6, 6.07) is 5.22. The molecule has 0 aliphatic rings. The lowest BCUT2D eigenvalue weighted by molar-refractivity contribution is 0.101. The number of aliphatic hydroxyl groups is 2. The normalized spacial score (nSPS) is 12.9. The number of benzene rings is 1. The SMILES string of the molecule is CN(CC(O)CO)c1ccc2oc(=O)[nH]c2c1. The molecule has 0 aliphatic heterocycles. The maximum absolute atomic E-state index is 11.0. The van der Waals surface area contributed by atoms with Gasteiger partial charge in [0.2, 0.25) is 0 Å². The highest BCUT2D eigenvalue weighted by molar-refractivity contribution is 5.77. The predicted octanol–water partition coefficient (Wildman–Crippen LogP) is -0.0895. The molecule has 6 nitrogen and oxygen atoms in total. The van der Waals surface area contributed by atoms with Crippen LogP contribution in [-0.4, -0.2) is 41.5 Å². The Balaban J connectivity index is 2.26. The van der Waals surface area contributed by atoms with E-state index in [1.807, 2.05) is 0 Å². The molecule has 0 amide bonds. The molecule has 3 N–H and O–H groups in total. The monoisotopic (exact) mass is 238 g/mol. The zero-order valence-corrected chi connectivity index (χ0v) is 9.38. The Bertz CT molecular complexity index is 560. The van der Waals surface area contributed by atoms with E-state index in [2.05, 4.69) is 4.98 Å². The number of fused-ring (bicyclic) bond motifs is 1. The van der Waals surface area contributed by atoms with Crippen molar-refractivity contribution in [3.05, 3.63) is 28.7 Å². The van der Waals surface area contributed by atoms with Gasteiger partial charge in [-0.05, 0) is 18.2 Å². The number of hydrogen-bond acceptors (Lipinski definition) is 5. The van der Waals surface area contributed by atoms with E-state index in [-0.39, 0.29) is 6.61 Å². The molecule has 0 saturated carbocycles. The van der Waals surface area contributed by atoms with Crippen LogP contribution in [0.2, 0.25) is 0 Å². The Labute approximate surface area is 97.1 Å². The second kappa shape index (κ2) is 4.60. The summed E-state index contributed by atoms with van der Waals surface area (Å²) in [5.41, 5.74) is 1.93. The Morgan fingerprint density at radius 1 is 1.53 bits per heavy atom. The highest BCUT2D eigenvalue weighted by Gasteiger charge is 2.09. The minimum Gasteiger partial charge on any atom is -0.408 e. The number of aromatic nitrogens is 1. The zero-order valence-electron chi connectivity index (χ0n) is 9.38. The van der Waals surface area contributed by atoms with Crippen LogP contribution in [-0.2, 0) is 0 Å². The maximum Gasteiger partial charge on any atom is 0.417 e. The number of H-pyrrole nitrogens is 1. The van der Waals surface area contributed by atoms with Crippen molar-refractivity contribution in [2.75, 3.05) is 25.1 Å². The molecule has 1 aromatic heterocycles. The quantitative estimate of drug-likeness (QED) is 0.692. The molecule has 0 fully saturated rings. The van der Waals surface area contributed by atoms with Crippen LogP contribution < -0.4 is 10.7 Å². The standard InChI is InChI=1S/C11H14N2O4/c1-13(5-8(15)6-14)7-2-3-10-9(4-7)12-11(16)17-10/h2-4,8,14-15H,5-6H2,1H3,(H,12,16). The number of oxazole rings is 1. The van der Waals surface area contributed by atoms with Gasteiger partial charge in [0.25, 0.3) is 0 Å². The molecule has 0 spiro atoms. The fraction of sp³-hybridized carbons (Fsp3) is 0.364. The van der Waals surface area contributed by atoms with Crippen molar-refractivity contribution in [2.24, 2.45) is 0 Å². The Morgan fingerprint density at radius 2 is 2.29 bits per heavy atom. The average Bonchev–Trinajstić information content (AvgIpc) is 2.67. The van der Waals surface area contributed by atoms with Crippen molar-refractivity contribution in [2.45, 2.75) is 6.10 Å². The summed E-state index contributed by atoms with van der Waals surface area (Å²) in [7, 11) is 1.79. The number of anilines is 1. The number of hydrogen-bond donors (Lipinski definition) is 3. The molecule has 1 unspecified atom stereocenters. The first-order valence-corrected chi connectivity index (χ1v) is 5.23. The van der Waals surface area contributed by atoms with Crippen molar-refractivity contribution in [1.82, 2.24) is 4.98 Å². The van der Waals surface area contributed by atoms with Crippen LogP contribution in [0.25, 0.3) is 11.1 Å². The zero-order chi connectivity index (χ0) is 12.4. The number of aliphatic hydroxyl groups excluding tert-OH is 2. The van der Waals surface area contributed by atoms with E-state index in [9.17, 15) is 9.90 Å². The van der Waals surface area contributed by atoms with Crippen molar-refractivity contribution < 1.29 is 14.6 Å². The van der Waals surface area contributed by atoms with Crippen molar-refractivity contribution in [3.63, 3.8) is 0 Å². The highest BCUT2D eigenvalue weighted by atomic mass is 16.4. The summed E-state index contributed by atoms with van der Waals surface area (Å²) >= 11 is 0. The molecule has 92 valence electrons. The smallest absolute Gasteiger partial charge is 0.408 e. The summed E-state index contributed by atoms with van der Waals surface area (Å²) in [5.74, 6) is -0.491. The van der Waals surface area contributed by atoms with Crippen LogP contribution in [0.4, 0.5) is 5.69 Å². The summed E-state index contributed by atoms with van der Waals surface area (Å²) in [6.07, 6.45) is -0.793. The average molecular weight is 238 g/mol. The third kappa shape index (κ3) is 2.48. The van der Waals surface area contributed by atoms with Gasteiger partial charge in [0, 0.05) is 19.3 Å².